The minimum atomic E-state index is -0.103. The largest absolute Gasteiger partial charge is 0.334 e. The predicted octanol–water partition coefficient (Wildman–Crippen LogP) is 7.02. The van der Waals surface area contributed by atoms with Crippen molar-refractivity contribution in [2.24, 2.45) is 0 Å². The van der Waals surface area contributed by atoms with Gasteiger partial charge in [-0.05, 0) is 73.5 Å². The summed E-state index contributed by atoms with van der Waals surface area (Å²) in [6.45, 7) is 5.55. The Labute approximate surface area is 266 Å². The zero-order chi connectivity index (χ0) is 31.6. The molecule has 0 bridgehead atoms. The Balaban J connectivity index is 1.27. The fraction of sp³-hybridized carbons (Fsp3) is 0.216. The quantitative estimate of drug-likeness (QED) is 0.166. The summed E-state index contributed by atoms with van der Waals surface area (Å²) in [6.07, 6.45) is 3.84. The van der Waals surface area contributed by atoms with Crippen LogP contribution in [0.3, 0.4) is 0 Å². The first-order chi connectivity index (χ1) is 22.6. The third kappa shape index (κ3) is 5.13. The van der Waals surface area contributed by atoms with Gasteiger partial charge in [0, 0.05) is 13.1 Å². The number of para-hydroxylation sites is 4. The van der Waals surface area contributed by atoms with Crippen LogP contribution < -0.4 is 11.4 Å². The Morgan fingerprint density at radius 2 is 0.826 bits per heavy atom. The van der Waals surface area contributed by atoms with Crippen molar-refractivity contribution in [2.45, 2.75) is 52.6 Å². The van der Waals surface area contributed by atoms with Gasteiger partial charge in [0.05, 0.1) is 44.8 Å². The van der Waals surface area contributed by atoms with Gasteiger partial charge in [-0.3, -0.25) is 9.13 Å². The van der Waals surface area contributed by atoms with Crippen molar-refractivity contribution in [1.29, 1.82) is 0 Å². The van der Waals surface area contributed by atoms with Crippen LogP contribution in [0.4, 0.5) is 0 Å². The van der Waals surface area contributed by atoms with Gasteiger partial charge < -0.3 is 0 Å². The summed E-state index contributed by atoms with van der Waals surface area (Å²) in [6, 6.07) is 32.7. The van der Waals surface area contributed by atoms with E-state index in [4.69, 9.17) is 15.0 Å². The van der Waals surface area contributed by atoms with Gasteiger partial charge in [-0.2, -0.15) is 0 Å². The van der Waals surface area contributed by atoms with Crippen LogP contribution in [0.2, 0.25) is 0 Å². The number of benzene rings is 2. The Hall–Kier alpha value is -5.57. The van der Waals surface area contributed by atoms with Crippen molar-refractivity contribution in [2.75, 3.05) is 0 Å². The van der Waals surface area contributed by atoms with Crippen molar-refractivity contribution in [1.82, 2.24) is 33.2 Å². The van der Waals surface area contributed by atoms with Crippen molar-refractivity contribution >= 4 is 22.1 Å². The van der Waals surface area contributed by atoms with E-state index in [9.17, 15) is 9.59 Å². The van der Waals surface area contributed by atoms with Gasteiger partial charge in [0.25, 0.3) is 0 Å². The zero-order valence-electron chi connectivity index (χ0n) is 26.0. The van der Waals surface area contributed by atoms with E-state index in [-0.39, 0.29) is 11.4 Å². The Kier molecular flexibility index (Phi) is 7.88. The van der Waals surface area contributed by atoms with Crippen LogP contribution in [0.5, 0.6) is 0 Å². The average molecular weight is 610 g/mol. The van der Waals surface area contributed by atoms with Gasteiger partial charge in [-0.15, -0.1) is 0 Å². The van der Waals surface area contributed by atoms with Crippen molar-refractivity contribution in [3.8, 4) is 34.4 Å². The van der Waals surface area contributed by atoms with Crippen LogP contribution in [0, 0.1) is 0 Å². The molecule has 0 saturated heterocycles. The number of rotatable bonds is 10. The number of hydrogen-bond donors (Lipinski definition) is 0. The second-order valence-corrected chi connectivity index (χ2v) is 11.4. The smallest absolute Gasteiger partial charge is 0.292 e. The van der Waals surface area contributed by atoms with E-state index >= 15 is 0 Å². The highest BCUT2D eigenvalue weighted by molar-refractivity contribution is 5.79. The normalized spacial score (nSPS) is 11.5. The van der Waals surface area contributed by atoms with Crippen LogP contribution in [0.25, 0.3) is 56.5 Å². The van der Waals surface area contributed by atoms with Gasteiger partial charge >= 0.3 is 11.4 Å². The van der Waals surface area contributed by atoms with Gasteiger partial charge in [-0.25, -0.2) is 33.7 Å². The maximum Gasteiger partial charge on any atom is 0.334 e. The number of unbranched alkanes of at least 4 members (excludes halogenated alkanes) is 2. The first kappa shape index (κ1) is 29.2. The lowest BCUT2D eigenvalue weighted by molar-refractivity contribution is 0.621. The van der Waals surface area contributed by atoms with Crippen LogP contribution in [-0.4, -0.2) is 33.2 Å². The fourth-order valence-electron chi connectivity index (χ4n) is 6.02. The molecule has 0 fully saturated rings. The Morgan fingerprint density at radius 3 is 1.24 bits per heavy atom. The van der Waals surface area contributed by atoms with Crippen LogP contribution in [-0.2, 0) is 13.1 Å². The lowest BCUT2D eigenvalue weighted by Crippen LogP contribution is -2.24. The minimum absolute atomic E-state index is 0.103. The fourth-order valence-corrected chi connectivity index (χ4v) is 6.02. The van der Waals surface area contributed by atoms with Crippen LogP contribution >= 0.6 is 0 Å². The number of fused-ring (bicyclic) bond motifs is 2. The molecule has 0 aliphatic heterocycles. The Bertz CT molecular complexity index is 2150. The molecule has 7 aromatic rings. The molecule has 7 rings (SSSR count). The maximum absolute atomic E-state index is 13.6. The third-order valence-corrected chi connectivity index (χ3v) is 8.34. The average Bonchev–Trinajstić information content (AvgIpc) is 3.55. The molecule has 5 heterocycles. The van der Waals surface area contributed by atoms with Crippen molar-refractivity contribution < 1.29 is 0 Å². The van der Waals surface area contributed by atoms with Crippen LogP contribution in [0.15, 0.2) is 113 Å². The highest BCUT2D eigenvalue weighted by Gasteiger charge is 2.18. The predicted molar refractivity (Wildman–Crippen MR) is 183 cm³/mol. The molecule has 9 nitrogen and oxygen atoms in total. The molecular formula is C37H35N7O2. The van der Waals surface area contributed by atoms with Crippen molar-refractivity contribution in [3.63, 3.8) is 0 Å². The molecule has 2 aromatic carbocycles. The molecule has 0 spiro atoms. The number of pyridine rings is 3. The van der Waals surface area contributed by atoms with E-state index in [1.165, 1.54) is 0 Å². The summed E-state index contributed by atoms with van der Waals surface area (Å²) >= 11 is 0. The number of aromatic nitrogens is 7. The SMILES string of the molecule is CCCCn1c(=O)n(-c2cccc(-c3cccc(-c4cccc(-n5c(=O)n(CCCC)c6ccccc65)n4)n3)n2)c2ccccc21. The molecule has 5 aromatic heterocycles. The Morgan fingerprint density at radius 1 is 0.457 bits per heavy atom. The van der Waals surface area contributed by atoms with Gasteiger partial charge in [0.2, 0.25) is 0 Å². The number of aryl methyl sites for hydroxylation is 2. The maximum atomic E-state index is 13.6. The van der Waals surface area contributed by atoms with E-state index < -0.39 is 0 Å². The molecule has 46 heavy (non-hydrogen) atoms. The zero-order valence-corrected chi connectivity index (χ0v) is 26.0. The summed E-state index contributed by atoms with van der Waals surface area (Å²) in [7, 11) is 0. The lowest BCUT2D eigenvalue weighted by Gasteiger charge is -2.08. The highest BCUT2D eigenvalue weighted by atomic mass is 16.2. The molecule has 0 atom stereocenters. The highest BCUT2D eigenvalue weighted by Crippen LogP contribution is 2.24. The second-order valence-electron chi connectivity index (χ2n) is 11.4. The van der Waals surface area contributed by atoms with Gasteiger partial charge in [0.15, 0.2) is 0 Å². The molecule has 0 unspecified atom stereocenters. The van der Waals surface area contributed by atoms with E-state index in [2.05, 4.69) is 13.8 Å². The molecule has 9 heteroatoms. The molecular weight excluding hydrogens is 574 g/mol. The molecule has 0 aliphatic carbocycles. The van der Waals surface area contributed by atoms with Crippen molar-refractivity contribution in [3.05, 3.63) is 124 Å². The number of hydrogen-bond acceptors (Lipinski definition) is 5. The monoisotopic (exact) mass is 609 g/mol. The van der Waals surface area contributed by atoms with E-state index in [0.717, 1.165) is 47.8 Å². The van der Waals surface area contributed by atoms with Gasteiger partial charge in [-0.1, -0.05) is 69.2 Å². The first-order valence-electron chi connectivity index (χ1n) is 15.9. The molecule has 230 valence electrons. The molecule has 0 amide bonds. The summed E-state index contributed by atoms with van der Waals surface area (Å²) in [5.41, 5.74) is 5.82. The molecule has 0 saturated carbocycles. The number of nitrogens with zero attached hydrogens (tertiary/aromatic N) is 7. The molecule has 0 aliphatic rings. The van der Waals surface area contributed by atoms with Crippen LogP contribution in [0.1, 0.15) is 39.5 Å². The summed E-state index contributed by atoms with van der Waals surface area (Å²) in [5.74, 6) is 1.08. The second kappa shape index (κ2) is 12.4. The molecule has 0 N–H and O–H groups in total. The van der Waals surface area contributed by atoms with E-state index in [0.29, 0.717) is 47.5 Å². The number of imidazole rings is 2. The topological polar surface area (TPSA) is 92.5 Å². The summed E-state index contributed by atoms with van der Waals surface area (Å²) in [4.78, 5) is 42.0. The molecule has 0 radical (unpaired) electrons. The lowest BCUT2D eigenvalue weighted by atomic mass is 10.2. The standard InChI is InChI=1S/C37H35N7O2/c1-3-5-24-41-30-18-7-9-20-32(30)43(36(41)45)34-22-12-16-28(39-34)26-14-11-15-27(38-26)29-17-13-23-35(40-29)44-33-21-10-8-19-31(33)42(37(44)46)25-6-4-2/h7-23H,3-6,24-25H2,1-2H3. The first-order valence-corrected chi connectivity index (χ1v) is 15.9. The minimum Gasteiger partial charge on any atom is -0.292 e. The summed E-state index contributed by atoms with van der Waals surface area (Å²) in [5, 5.41) is 0. The van der Waals surface area contributed by atoms with Gasteiger partial charge in [0.1, 0.15) is 11.6 Å². The van der Waals surface area contributed by atoms with E-state index in [1.807, 2.05) is 112 Å². The summed E-state index contributed by atoms with van der Waals surface area (Å²) < 4.78 is 7.02. The van der Waals surface area contributed by atoms with E-state index in [1.54, 1.807) is 9.13 Å². The third-order valence-electron chi connectivity index (χ3n) is 8.34.